The summed E-state index contributed by atoms with van der Waals surface area (Å²) in [5.41, 5.74) is 0.765. The average Bonchev–Trinajstić information content (AvgIpc) is 2.45. The standard InChI is InChI=1S/C19H25BrO2/c1-3-18(16(21)22)10-14-9-17(2,20)12-19(11-14,13-18)15-7-5-4-6-8-15/h4-8,14H,3,9-13H2,1-2H3,(H,21,22). The molecule has 3 heteroatoms. The predicted molar refractivity (Wildman–Crippen MR) is 92.4 cm³/mol. The Bertz CT molecular complexity index is 568. The van der Waals surface area contributed by atoms with E-state index in [1.165, 1.54) is 5.56 Å². The molecular formula is C19H25BrO2. The van der Waals surface area contributed by atoms with Crippen LogP contribution in [-0.4, -0.2) is 15.4 Å². The van der Waals surface area contributed by atoms with Crippen molar-refractivity contribution < 1.29 is 9.90 Å². The minimum Gasteiger partial charge on any atom is -0.481 e. The zero-order valence-corrected chi connectivity index (χ0v) is 15.0. The monoisotopic (exact) mass is 364 g/mol. The highest BCUT2D eigenvalue weighted by atomic mass is 79.9. The van der Waals surface area contributed by atoms with E-state index >= 15 is 0 Å². The van der Waals surface area contributed by atoms with Crippen molar-refractivity contribution in [1.29, 1.82) is 0 Å². The molecule has 22 heavy (non-hydrogen) atoms. The van der Waals surface area contributed by atoms with Crippen LogP contribution in [-0.2, 0) is 10.2 Å². The Morgan fingerprint density at radius 2 is 1.91 bits per heavy atom. The van der Waals surface area contributed by atoms with Crippen LogP contribution in [0.4, 0.5) is 0 Å². The van der Waals surface area contributed by atoms with Crippen molar-refractivity contribution in [3.63, 3.8) is 0 Å². The molecule has 2 aliphatic carbocycles. The molecule has 2 bridgehead atoms. The van der Waals surface area contributed by atoms with Gasteiger partial charge in [-0.3, -0.25) is 4.79 Å². The minimum atomic E-state index is -0.599. The molecule has 0 heterocycles. The van der Waals surface area contributed by atoms with Crippen molar-refractivity contribution in [2.75, 3.05) is 0 Å². The second-order valence-corrected chi connectivity index (χ2v) is 9.75. The van der Waals surface area contributed by atoms with Crippen LogP contribution in [0.5, 0.6) is 0 Å². The molecule has 2 aliphatic rings. The zero-order chi connectivity index (χ0) is 16.0. The third-order valence-electron chi connectivity index (χ3n) is 5.97. The lowest BCUT2D eigenvalue weighted by atomic mass is 9.49. The Kier molecular flexibility index (Phi) is 3.91. The molecule has 0 radical (unpaired) electrons. The van der Waals surface area contributed by atoms with Gasteiger partial charge in [-0.05, 0) is 62.3 Å². The van der Waals surface area contributed by atoms with E-state index in [0.29, 0.717) is 5.92 Å². The van der Waals surface area contributed by atoms with Gasteiger partial charge in [0.05, 0.1) is 5.41 Å². The summed E-state index contributed by atoms with van der Waals surface area (Å²) in [7, 11) is 0. The van der Waals surface area contributed by atoms with Crippen LogP contribution in [0.2, 0.25) is 0 Å². The van der Waals surface area contributed by atoms with Crippen LogP contribution in [0.25, 0.3) is 0 Å². The van der Waals surface area contributed by atoms with Crippen LogP contribution in [0.3, 0.4) is 0 Å². The fourth-order valence-electron chi connectivity index (χ4n) is 5.33. The number of carbonyl (C=O) groups is 1. The lowest BCUT2D eigenvalue weighted by Gasteiger charge is -2.56. The smallest absolute Gasteiger partial charge is 0.309 e. The first-order valence-electron chi connectivity index (χ1n) is 8.29. The van der Waals surface area contributed by atoms with Crippen molar-refractivity contribution in [3.05, 3.63) is 35.9 Å². The maximum Gasteiger partial charge on any atom is 0.309 e. The number of carboxylic acid groups (broad SMARTS) is 1. The number of benzene rings is 1. The summed E-state index contributed by atoms with van der Waals surface area (Å²) in [6, 6.07) is 10.6. The number of rotatable bonds is 3. The lowest BCUT2D eigenvalue weighted by Crippen LogP contribution is -2.53. The zero-order valence-electron chi connectivity index (χ0n) is 13.4. The van der Waals surface area contributed by atoms with Gasteiger partial charge in [-0.1, -0.05) is 53.2 Å². The quantitative estimate of drug-likeness (QED) is 0.752. The maximum atomic E-state index is 12.1. The van der Waals surface area contributed by atoms with Gasteiger partial charge in [0.15, 0.2) is 0 Å². The number of fused-ring (bicyclic) bond motifs is 2. The molecule has 4 atom stereocenters. The summed E-state index contributed by atoms with van der Waals surface area (Å²) in [6.45, 7) is 4.32. The van der Waals surface area contributed by atoms with E-state index in [1.54, 1.807) is 0 Å². The largest absolute Gasteiger partial charge is 0.481 e. The summed E-state index contributed by atoms with van der Waals surface area (Å²) >= 11 is 3.93. The molecule has 2 fully saturated rings. The fraction of sp³-hybridized carbons (Fsp3) is 0.632. The SMILES string of the molecule is CCC1(C(=O)O)CC2CC(C)(Br)CC(c3ccccc3)(C2)C1. The number of halogens is 1. The summed E-state index contributed by atoms with van der Waals surface area (Å²) in [5, 5.41) is 9.92. The molecule has 0 aliphatic heterocycles. The highest BCUT2D eigenvalue weighted by molar-refractivity contribution is 9.10. The summed E-state index contributed by atoms with van der Waals surface area (Å²) < 4.78 is 0.115. The van der Waals surface area contributed by atoms with Crippen LogP contribution >= 0.6 is 15.9 Å². The molecule has 0 saturated heterocycles. The third-order valence-corrected chi connectivity index (χ3v) is 6.58. The van der Waals surface area contributed by atoms with Gasteiger partial charge < -0.3 is 5.11 Å². The molecule has 0 aromatic heterocycles. The van der Waals surface area contributed by atoms with Gasteiger partial charge in [0.1, 0.15) is 0 Å². The van der Waals surface area contributed by atoms with E-state index in [4.69, 9.17) is 0 Å². The van der Waals surface area contributed by atoms with Crippen molar-refractivity contribution in [2.24, 2.45) is 11.3 Å². The van der Waals surface area contributed by atoms with E-state index < -0.39 is 11.4 Å². The van der Waals surface area contributed by atoms with Crippen LogP contribution in [0, 0.1) is 11.3 Å². The first kappa shape index (κ1) is 16.0. The van der Waals surface area contributed by atoms with Crippen molar-refractivity contribution in [1.82, 2.24) is 0 Å². The van der Waals surface area contributed by atoms with Crippen LogP contribution in [0.15, 0.2) is 30.3 Å². The molecule has 120 valence electrons. The Morgan fingerprint density at radius 3 is 2.50 bits per heavy atom. The number of hydrogen-bond acceptors (Lipinski definition) is 1. The van der Waals surface area contributed by atoms with Gasteiger partial charge in [0.2, 0.25) is 0 Å². The first-order valence-corrected chi connectivity index (χ1v) is 9.08. The van der Waals surface area contributed by atoms with Crippen molar-refractivity contribution in [2.45, 2.75) is 62.1 Å². The summed E-state index contributed by atoms with van der Waals surface area (Å²) in [5.74, 6) is -0.110. The molecule has 0 spiro atoms. The van der Waals surface area contributed by atoms with E-state index in [2.05, 4.69) is 47.1 Å². The van der Waals surface area contributed by atoms with E-state index in [0.717, 1.165) is 38.5 Å². The predicted octanol–water partition coefficient (Wildman–Crippen LogP) is 5.15. The number of alkyl halides is 1. The van der Waals surface area contributed by atoms with Gasteiger partial charge >= 0.3 is 5.97 Å². The molecule has 2 nitrogen and oxygen atoms in total. The molecule has 3 rings (SSSR count). The molecule has 1 aromatic carbocycles. The molecule has 2 saturated carbocycles. The second-order valence-electron chi connectivity index (χ2n) is 7.83. The Balaban J connectivity index is 2.09. The summed E-state index contributed by atoms with van der Waals surface area (Å²) in [6.07, 6.45) is 5.56. The first-order chi connectivity index (χ1) is 10.3. The topological polar surface area (TPSA) is 37.3 Å². The normalized spacial score (nSPS) is 41.1. The number of aliphatic carboxylic acids is 1. The van der Waals surface area contributed by atoms with E-state index in [-0.39, 0.29) is 9.74 Å². The average molecular weight is 365 g/mol. The fourth-order valence-corrected chi connectivity index (χ4v) is 6.32. The molecule has 1 N–H and O–H groups in total. The second kappa shape index (κ2) is 5.36. The maximum absolute atomic E-state index is 12.1. The van der Waals surface area contributed by atoms with Crippen LogP contribution < -0.4 is 0 Å². The Labute approximate surface area is 141 Å². The number of hydrogen-bond donors (Lipinski definition) is 1. The molecule has 4 unspecified atom stereocenters. The Morgan fingerprint density at radius 1 is 1.23 bits per heavy atom. The van der Waals surface area contributed by atoms with Gasteiger partial charge in [-0.15, -0.1) is 0 Å². The summed E-state index contributed by atoms with van der Waals surface area (Å²) in [4.78, 5) is 12.1. The van der Waals surface area contributed by atoms with E-state index in [9.17, 15) is 9.90 Å². The van der Waals surface area contributed by atoms with Gasteiger partial charge in [0.25, 0.3) is 0 Å². The van der Waals surface area contributed by atoms with Crippen LogP contribution in [0.1, 0.15) is 57.9 Å². The number of carboxylic acids is 1. The molecule has 1 aromatic rings. The third kappa shape index (κ3) is 2.62. The highest BCUT2D eigenvalue weighted by Gasteiger charge is 2.57. The van der Waals surface area contributed by atoms with Crippen molar-refractivity contribution in [3.8, 4) is 0 Å². The van der Waals surface area contributed by atoms with Gasteiger partial charge in [-0.25, -0.2) is 0 Å². The molecule has 0 amide bonds. The minimum absolute atomic E-state index is 0.00488. The lowest BCUT2D eigenvalue weighted by molar-refractivity contribution is -0.156. The molecular weight excluding hydrogens is 340 g/mol. The van der Waals surface area contributed by atoms with Gasteiger partial charge in [0, 0.05) is 4.32 Å². The van der Waals surface area contributed by atoms with Gasteiger partial charge in [-0.2, -0.15) is 0 Å². The highest BCUT2D eigenvalue weighted by Crippen LogP contribution is 2.61. The van der Waals surface area contributed by atoms with Crippen molar-refractivity contribution >= 4 is 21.9 Å². The van der Waals surface area contributed by atoms with E-state index in [1.807, 2.05) is 13.0 Å². The Hall–Kier alpha value is -0.830.